The molecule has 0 unspecified atom stereocenters. The van der Waals surface area contributed by atoms with E-state index in [1.807, 2.05) is 48.5 Å². The molecule has 0 spiro atoms. The van der Waals surface area contributed by atoms with Gasteiger partial charge in [0.05, 0.1) is 5.92 Å². The fourth-order valence-electron chi connectivity index (χ4n) is 3.20. The summed E-state index contributed by atoms with van der Waals surface area (Å²) in [5.74, 6) is -0.310. The number of carbonyl (C=O) groups is 1. The van der Waals surface area contributed by atoms with Crippen LogP contribution in [0.1, 0.15) is 23.1 Å². The first-order valence-electron chi connectivity index (χ1n) is 7.93. The number of hydrogen-bond acceptors (Lipinski definition) is 3. The van der Waals surface area contributed by atoms with Gasteiger partial charge in [-0.1, -0.05) is 66.7 Å². The number of cyclic esters (lactones) is 1. The van der Waals surface area contributed by atoms with Gasteiger partial charge in [-0.25, -0.2) is 0 Å². The van der Waals surface area contributed by atoms with E-state index >= 15 is 0 Å². The van der Waals surface area contributed by atoms with E-state index < -0.39 is 0 Å². The molecule has 0 bridgehead atoms. The van der Waals surface area contributed by atoms with Gasteiger partial charge in [0.15, 0.2) is 0 Å². The summed E-state index contributed by atoms with van der Waals surface area (Å²) in [4.78, 5) is 12.4. The van der Waals surface area contributed by atoms with Crippen LogP contribution in [0.15, 0.2) is 73.3 Å². The zero-order valence-corrected chi connectivity index (χ0v) is 13.0. The van der Waals surface area contributed by atoms with Crippen LogP contribution >= 0.6 is 0 Å². The summed E-state index contributed by atoms with van der Waals surface area (Å²) in [7, 11) is 0. The molecule has 0 aromatic heterocycles. The quantitative estimate of drug-likeness (QED) is 0.504. The van der Waals surface area contributed by atoms with Crippen LogP contribution in [-0.4, -0.2) is 19.1 Å². The Morgan fingerprint density at radius 1 is 1.00 bits per heavy atom. The number of nitrogens with one attached hydrogen (secondary N) is 1. The van der Waals surface area contributed by atoms with E-state index in [4.69, 9.17) is 4.74 Å². The van der Waals surface area contributed by atoms with Gasteiger partial charge in [-0.05, 0) is 11.1 Å². The number of ether oxygens (including phenoxy) is 1. The van der Waals surface area contributed by atoms with Crippen molar-refractivity contribution in [2.24, 2.45) is 5.92 Å². The molecule has 23 heavy (non-hydrogen) atoms. The van der Waals surface area contributed by atoms with Crippen LogP contribution in [0.3, 0.4) is 0 Å². The summed E-state index contributed by atoms with van der Waals surface area (Å²) < 4.78 is 5.75. The van der Waals surface area contributed by atoms with Gasteiger partial charge in [-0.2, -0.15) is 0 Å². The third-order valence-corrected chi connectivity index (χ3v) is 4.27. The van der Waals surface area contributed by atoms with E-state index in [-0.39, 0.29) is 23.9 Å². The minimum Gasteiger partial charge on any atom is -0.457 e. The highest BCUT2D eigenvalue weighted by atomic mass is 16.6. The molecule has 3 atom stereocenters. The minimum atomic E-state index is -0.235. The van der Waals surface area contributed by atoms with E-state index in [1.54, 1.807) is 6.08 Å². The first-order valence-corrected chi connectivity index (χ1v) is 7.93. The molecule has 0 saturated carbocycles. The molecule has 1 saturated heterocycles. The van der Waals surface area contributed by atoms with Crippen LogP contribution in [0.5, 0.6) is 0 Å². The molecule has 1 heterocycles. The van der Waals surface area contributed by atoms with Crippen LogP contribution in [0, 0.1) is 5.92 Å². The van der Waals surface area contributed by atoms with Crippen LogP contribution in [0.25, 0.3) is 0 Å². The predicted octanol–water partition coefficient (Wildman–Crippen LogP) is 3.46. The average molecular weight is 307 g/mol. The lowest BCUT2D eigenvalue weighted by atomic mass is 9.81. The number of rotatable bonds is 6. The predicted molar refractivity (Wildman–Crippen MR) is 91.0 cm³/mol. The van der Waals surface area contributed by atoms with E-state index in [0.29, 0.717) is 13.1 Å². The molecule has 1 aliphatic rings. The van der Waals surface area contributed by atoms with Gasteiger partial charge < -0.3 is 10.1 Å². The summed E-state index contributed by atoms with van der Waals surface area (Å²) in [6.07, 6.45) is 1.56. The maximum Gasteiger partial charge on any atom is 0.311 e. The average Bonchev–Trinajstić information content (AvgIpc) is 2.93. The van der Waals surface area contributed by atoms with Gasteiger partial charge in [-0.3, -0.25) is 4.79 Å². The van der Waals surface area contributed by atoms with Crippen molar-refractivity contribution in [2.45, 2.75) is 12.0 Å². The molecule has 3 heteroatoms. The van der Waals surface area contributed by atoms with Crippen molar-refractivity contribution in [2.75, 3.05) is 13.1 Å². The Bertz CT molecular complexity index is 654. The molecule has 0 amide bonds. The van der Waals surface area contributed by atoms with Gasteiger partial charge in [0, 0.05) is 19.0 Å². The Morgan fingerprint density at radius 3 is 2.22 bits per heavy atom. The molecule has 3 nitrogen and oxygen atoms in total. The first kappa shape index (κ1) is 15.5. The van der Waals surface area contributed by atoms with Crippen LogP contribution in [0.4, 0.5) is 0 Å². The maximum absolute atomic E-state index is 12.4. The molecular formula is C20H21NO2. The van der Waals surface area contributed by atoms with E-state index in [1.165, 1.54) is 0 Å². The SMILES string of the molecule is C=CCNC[C@@H]1C(=O)O[C@H](c2ccccc2)[C@@H]1c1ccccc1. The topological polar surface area (TPSA) is 38.3 Å². The number of esters is 1. The van der Waals surface area contributed by atoms with Crippen molar-refractivity contribution >= 4 is 5.97 Å². The van der Waals surface area contributed by atoms with Gasteiger partial charge in [0.25, 0.3) is 0 Å². The van der Waals surface area contributed by atoms with Gasteiger partial charge in [0.1, 0.15) is 6.10 Å². The molecule has 118 valence electrons. The summed E-state index contributed by atoms with van der Waals surface area (Å²) in [6.45, 7) is 4.98. The van der Waals surface area contributed by atoms with Crippen molar-refractivity contribution in [3.8, 4) is 0 Å². The second-order valence-electron chi connectivity index (χ2n) is 5.76. The highest BCUT2D eigenvalue weighted by Crippen LogP contribution is 2.45. The first-order chi connectivity index (χ1) is 11.3. The fourth-order valence-corrected chi connectivity index (χ4v) is 3.20. The third-order valence-electron chi connectivity index (χ3n) is 4.27. The largest absolute Gasteiger partial charge is 0.457 e. The Hall–Kier alpha value is -2.39. The van der Waals surface area contributed by atoms with E-state index in [0.717, 1.165) is 11.1 Å². The van der Waals surface area contributed by atoms with E-state index in [2.05, 4.69) is 24.0 Å². The fraction of sp³-hybridized carbons (Fsp3) is 0.250. The molecular weight excluding hydrogens is 286 g/mol. The van der Waals surface area contributed by atoms with Gasteiger partial charge in [0.2, 0.25) is 0 Å². The van der Waals surface area contributed by atoms with Crippen molar-refractivity contribution in [1.82, 2.24) is 5.32 Å². The van der Waals surface area contributed by atoms with Gasteiger partial charge in [-0.15, -0.1) is 6.58 Å². The summed E-state index contributed by atoms with van der Waals surface area (Å²) in [5, 5.41) is 3.26. The lowest BCUT2D eigenvalue weighted by molar-refractivity contribution is -0.144. The van der Waals surface area contributed by atoms with Crippen LogP contribution < -0.4 is 5.32 Å². The zero-order chi connectivity index (χ0) is 16.1. The molecule has 3 rings (SSSR count). The molecule has 0 aliphatic carbocycles. The molecule has 2 aromatic rings. The van der Waals surface area contributed by atoms with E-state index in [9.17, 15) is 4.79 Å². The Balaban J connectivity index is 1.93. The number of carbonyl (C=O) groups excluding carboxylic acids is 1. The molecule has 1 fully saturated rings. The van der Waals surface area contributed by atoms with Crippen molar-refractivity contribution < 1.29 is 9.53 Å². The van der Waals surface area contributed by atoms with Crippen molar-refractivity contribution in [3.05, 3.63) is 84.4 Å². The van der Waals surface area contributed by atoms with Crippen LogP contribution in [-0.2, 0) is 9.53 Å². The molecule has 1 aliphatic heterocycles. The van der Waals surface area contributed by atoms with Crippen LogP contribution in [0.2, 0.25) is 0 Å². The molecule has 1 N–H and O–H groups in total. The highest BCUT2D eigenvalue weighted by molar-refractivity contribution is 5.77. The second kappa shape index (κ2) is 7.25. The summed E-state index contributed by atoms with van der Waals surface area (Å²) in [6, 6.07) is 20.1. The monoisotopic (exact) mass is 307 g/mol. The highest BCUT2D eigenvalue weighted by Gasteiger charge is 2.45. The lowest BCUT2D eigenvalue weighted by Crippen LogP contribution is -2.29. The zero-order valence-electron chi connectivity index (χ0n) is 13.0. The Labute approximate surface area is 137 Å². The summed E-state index contributed by atoms with van der Waals surface area (Å²) in [5.41, 5.74) is 2.18. The normalized spacial score (nSPS) is 23.5. The standard InChI is InChI=1S/C20H21NO2/c1-2-13-21-14-17-18(15-9-5-3-6-10-15)19(23-20(17)22)16-11-7-4-8-12-16/h2-12,17-19,21H,1,13-14H2/t17-,18+,19+/m0/s1. The number of hydrogen-bond donors (Lipinski definition) is 1. The van der Waals surface area contributed by atoms with Crippen molar-refractivity contribution in [3.63, 3.8) is 0 Å². The number of benzene rings is 2. The minimum absolute atomic E-state index is 0.0171. The summed E-state index contributed by atoms with van der Waals surface area (Å²) >= 11 is 0. The van der Waals surface area contributed by atoms with Gasteiger partial charge >= 0.3 is 5.97 Å². The Morgan fingerprint density at radius 2 is 1.61 bits per heavy atom. The Kier molecular flexibility index (Phi) is 4.89. The molecule has 2 aromatic carbocycles. The smallest absolute Gasteiger partial charge is 0.311 e. The lowest BCUT2D eigenvalue weighted by Gasteiger charge is -2.22. The van der Waals surface area contributed by atoms with Crippen molar-refractivity contribution in [1.29, 1.82) is 0 Å². The maximum atomic E-state index is 12.4. The third kappa shape index (κ3) is 3.35. The second-order valence-corrected chi connectivity index (χ2v) is 5.76. The molecule has 0 radical (unpaired) electrons.